The second-order valence-corrected chi connectivity index (χ2v) is 28.9. The monoisotopic (exact) mass is 1340 g/mol. The molecule has 526 valence electrons. The highest BCUT2D eigenvalue weighted by atomic mass is 14.1. The van der Waals surface area contributed by atoms with Gasteiger partial charge in [0.2, 0.25) is 0 Å². The van der Waals surface area contributed by atoms with Gasteiger partial charge in [0.15, 0.2) is 0 Å². The van der Waals surface area contributed by atoms with Crippen LogP contribution in [0.25, 0.3) is 44.5 Å². The normalized spacial score (nSPS) is 10.9. The Morgan fingerprint density at radius 2 is 0.304 bits per heavy atom. The van der Waals surface area contributed by atoms with E-state index in [4.69, 9.17) is 0 Å². The van der Waals surface area contributed by atoms with Crippen molar-refractivity contribution in [1.29, 1.82) is 0 Å². The van der Waals surface area contributed by atoms with Crippen LogP contribution in [0.3, 0.4) is 0 Å². The molecule has 0 aliphatic rings. The molecular formula is C102H118. The molecule has 0 aromatic heterocycles. The first-order valence-corrected chi connectivity index (χ1v) is 40.5. The molecule has 0 bridgehead atoms. The molecule has 0 nitrogen and oxygen atoms in total. The van der Waals surface area contributed by atoms with Gasteiger partial charge >= 0.3 is 0 Å². The summed E-state index contributed by atoms with van der Waals surface area (Å²) >= 11 is 0. The fourth-order valence-corrected chi connectivity index (χ4v) is 13.9. The average molecular weight is 1340 g/mol. The number of benzene rings is 9. The van der Waals surface area contributed by atoms with Crippen molar-refractivity contribution in [3.8, 4) is 91.9 Å². The van der Waals surface area contributed by atoms with Crippen molar-refractivity contribution in [2.75, 3.05) is 0 Å². The van der Waals surface area contributed by atoms with Crippen LogP contribution in [0.15, 0.2) is 206 Å². The maximum atomic E-state index is 3.61. The molecule has 0 aliphatic heterocycles. The van der Waals surface area contributed by atoms with E-state index in [1.165, 1.54) is 272 Å². The maximum absolute atomic E-state index is 3.61. The Balaban J connectivity index is 0.973. The van der Waals surface area contributed by atoms with Gasteiger partial charge in [-0.3, -0.25) is 0 Å². The molecular weight excluding hydrogens is 1230 g/mol. The van der Waals surface area contributed by atoms with Gasteiger partial charge in [0.1, 0.15) is 0 Å². The lowest BCUT2D eigenvalue weighted by Crippen LogP contribution is -1.93. The molecule has 0 heterocycles. The predicted molar refractivity (Wildman–Crippen MR) is 443 cm³/mol. The minimum absolute atomic E-state index is 0.812. The number of hydrogen-bond acceptors (Lipinski definition) is 0. The summed E-state index contributed by atoms with van der Waals surface area (Å²) in [7, 11) is 0. The van der Waals surface area contributed by atoms with Crippen LogP contribution in [0.2, 0.25) is 0 Å². The van der Waals surface area contributed by atoms with E-state index in [1.54, 1.807) is 0 Å². The molecule has 0 aliphatic carbocycles. The first-order chi connectivity index (χ1) is 50.4. The molecule has 0 amide bonds. The van der Waals surface area contributed by atoms with Crippen LogP contribution in [0.5, 0.6) is 0 Å². The molecule has 0 atom stereocenters. The van der Waals surface area contributed by atoms with E-state index in [1.807, 2.05) is 0 Å². The molecule has 0 N–H and O–H groups in total. The summed E-state index contributed by atoms with van der Waals surface area (Å²) in [5, 5.41) is 0. The molecule has 0 unspecified atom stereocenters. The van der Waals surface area contributed by atoms with Crippen LogP contribution in [0.4, 0.5) is 0 Å². The van der Waals surface area contributed by atoms with Crippen LogP contribution in [0, 0.1) is 47.4 Å². The Bertz CT molecular complexity index is 3550. The van der Waals surface area contributed by atoms with Crippen molar-refractivity contribution in [2.45, 2.75) is 259 Å². The Kier molecular flexibility index (Phi) is 34.9. The molecule has 0 heteroatoms. The van der Waals surface area contributed by atoms with E-state index >= 15 is 0 Å². The van der Waals surface area contributed by atoms with Crippen molar-refractivity contribution in [3.05, 3.63) is 273 Å². The van der Waals surface area contributed by atoms with Crippen molar-refractivity contribution >= 4 is 0 Å². The van der Waals surface area contributed by atoms with Gasteiger partial charge in [-0.2, -0.15) is 0 Å². The lowest BCUT2D eigenvalue weighted by Gasteiger charge is -2.06. The van der Waals surface area contributed by atoms with Crippen molar-refractivity contribution in [1.82, 2.24) is 0 Å². The van der Waals surface area contributed by atoms with E-state index in [2.05, 4.69) is 281 Å². The molecule has 0 spiro atoms. The van der Waals surface area contributed by atoms with Gasteiger partial charge in [-0.1, -0.05) is 400 Å². The average Bonchev–Trinajstić information content (AvgIpc) is 0.818. The van der Waals surface area contributed by atoms with Gasteiger partial charge < -0.3 is 0 Å². The zero-order chi connectivity index (χ0) is 70.7. The lowest BCUT2D eigenvalue weighted by molar-refractivity contribution is 0.575. The molecule has 9 rings (SSSR count). The van der Waals surface area contributed by atoms with E-state index in [0.717, 1.165) is 70.2 Å². The summed E-state index contributed by atoms with van der Waals surface area (Å²) in [5.41, 5.74) is 22.3. The van der Waals surface area contributed by atoms with E-state index in [0.29, 0.717) is 0 Å². The fourth-order valence-electron chi connectivity index (χ4n) is 13.9. The third-order valence-electron chi connectivity index (χ3n) is 20.5. The van der Waals surface area contributed by atoms with Crippen LogP contribution < -0.4 is 0 Å². The molecule has 9 aromatic rings. The van der Waals surface area contributed by atoms with E-state index in [9.17, 15) is 0 Å². The molecule has 0 radical (unpaired) electrons. The SMILES string of the molecule is CCCCCCCCCCc1ccc(-c2ccc(C#Cc3cc(C#Cc4ccc(-c5ccc(CCCCCCCCCC)cc5)cc4)c(C#Cc4ccc(-c5ccc(CCCCCCCCCC)cc5)cc4)cc3C#Cc3ccc(-c4ccc(CCCCCCCCCC)cc4)cc3)cc2)cc1. The number of unbranched alkanes of at least 4 members (excludes halogenated alkanes) is 28. The van der Waals surface area contributed by atoms with Crippen molar-refractivity contribution < 1.29 is 0 Å². The molecule has 0 saturated heterocycles. The van der Waals surface area contributed by atoms with Crippen LogP contribution >= 0.6 is 0 Å². The number of rotatable bonds is 40. The first kappa shape index (κ1) is 77.4. The van der Waals surface area contributed by atoms with Crippen molar-refractivity contribution in [3.63, 3.8) is 0 Å². The highest BCUT2D eigenvalue weighted by Gasteiger charge is 2.10. The Morgan fingerprint density at radius 3 is 0.471 bits per heavy atom. The third-order valence-corrected chi connectivity index (χ3v) is 20.5. The van der Waals surface area contributed by atoms with Crippen LogP contribution in [0.1, 0.15) is 300 Å². The minimum atomic E-state index is 0.812. The van der Waals surface area contributed by atoms with E-state index < -0.39 is 0 Å². The van der Waals surface area contributed by atoms with Gasteiger partial charge in [0.05, 0.1) is 0 Å². The zero-order valence-corrected chi connectivity index (χ0v) is 63.1. The standard InChI is InChI=1S/C102H118/c1-5-9-13-17-21-25-29-33-37-83-41-61-91(62-42-83)95-69-49-87(50-70-95)57-77-99-81-101(79-59-89-53-73-97(74-54-89)93-65-45-85(46-66-93)39-35-31-27-23-19-15-11-7-3)102(80-60-90-55-75-98(76-56-90)94-67-47-86(48-68-94)40-36-32-28-24-20-16-12-8-4)82-100(99)78-58-88-51-71-96(72-52-88)92-63-43-84(44-64-92)38-34-30-26-22-18-14-10-6-2/h41-56,61-76,81-82H,5-40H2,1-4H3. The van der Waals surface area contributed by atoms with Crippen molar-refractivity contribution in [2.24, 2.45) is 0 Å². The van der Waals surface area contributed by atoms with E-state index in [-0.39, 0.29) is 0 Å². The second-order valence-electron chi connectivity index (χ2n) is 28.9. The summed E-state index contributed by atoms with van der Waals surface area (Å²) in [6.07, 6.45) is 47.5. The maximum Gasteiger partial charge on any atom is 0.0419 e. The van der Waals surface area contributed by atoms with Gasteiger partial charge in [-0.25, -0.2) is 0 Å². The Morgan fingerprint density at radius 1 is 0.157 bits per heavy atom. The topological polar surface area (TPSA) is 0 Å². The first-order valence-electron chi connectivity index (χ1n) is 40.5. The molecule has 0 fully saturated rings. The largest absolute Gasteiger partial charge is 0.0654 e. The minimum Gasteiger partial charge on any atom is -0.0654 e. The number of aryl methyl sites for hydroxylation is 4. The highest BCUT2D eigenvalue weighted by molar-refractivity contribution is 5.70. The van der Waals surface area contributed by atoms with Gasteiger partial charge in [-0.05, 0) is 179 Å². The summed E-state index contributed by atoms with van der Waals surface area (Å²) < 4.78 is 0. The molecule has 0 saturated carbocycles. The summed E-state index contributed by atoms with van der Waals surface area (Å²) in [6, 6.07) is 75.7. The number of hydrogen-bond donors (Lipinski definition) is 0. The van der Waals surface area contributed by atoms with Gasteiger partial charge in [0, 0.05) is 44.5 Å². The predicted octanol–water partition coefficient (Wildman–Crippen LogP) is 28.7. The molecule has 102 heavy (non-hydrogen) atoms. The zero-order valence-electron chi connectivity index (χ0n) is 63.1. The van der Waals surface area contributed by atoms with Crippen LogP contribution in [-0.2, 0) is 25.7 Å². The lowest BCUT2D eigenvalue weighted by atomic mass is 9.97. The third kappa shape index (κ3) is 27.9. The Hall–Kier alpha value is -8.78. The quantitative estimate of drug-likeness (QED) is 0.0265. The summed E-state index contributed by atoms with van der Waals surface area (Å²) in [6.45, 7) is 9.16. The van der Waals surface area contributed by atoms with Gasteiger partial charge in [-0.15, -0.1) is 0 Å². The fraction of sp³-hybridized carbons (Fsp3) is 0.392. The summed E-state index contributed by atoms with van der Waals surface area (Å²) in [4.78, 5) is 0. The summed E-state index contributed by atoms with van der Waals surface area (Å²) in [5.74, 6) is 28.7. The second kappa shape index (κ2) is 46.0. The van der Waals surface area contributed by atoms with Gasteiger partial charge in [0.25, 0.3) is 0 Å². The molecule has 9 aromatic carbocycles. The Labute approximate surface area is 619 Å². The smallest absolute Gasteiger partial charge is 0.0419 e. The highest BCUT2D eigenvalue weighted by Crippen LogP contribution is 2.28. The van der Waals surface area contributed by atoms with Crippen LogP contribution in [-0.4, -0.2) is 0 Å².